The van der Waals surface area contributed by atoms with Gasteiger partial charge in [-0.05, 0) is 42.0 Å². The van der Waals surface area contributed by atoms with Gasteiger partial charge < -0.3 is 19.9 Å². The van der Waals surface area contributed by atoms with E-state index in [-0.39, 0.29) is 30.3 Å². The Kier molecular flexibility index (Phi) is 8.47. The van der Waals surface area contributed by atoms with Gasteiger partial charge in [-0.15, -0.1) is 0 Å². The summed E-state index contributed by atoms with van der Waals surface area (Å²) in [5.41, 5.74) is 0.940. The van der Waals surface area contributed by atoms with Gasteiger partial charge in [0.25, 0.3) is 0 Å². The number of likely N-dealkylation sites (N-methyl/N-ethyl adjacent to an activating group) is 1. The molecule has 0 radical (unpaired) electrons. The standard InChI is InChI=1S/C23H35N5O4S/c1-16(2)13-26-14-20-27(19(22(26)30)10-11-33-5)21(29)15-25(3)28(20)23(31)24-12-17-6-8-18(32-4)9-7-17/h6-9,16,19-20H,10-15H2,1-5H3,(H,24,31)/t19-,20?/m0/s1. The molecule has 4 amide bonds. The van der Waals surface area contributed by atoms with Crippen molar-refractivity contribution in [1.82, 2.24) is 25.1 Å². The highest BCUT2D eigenvalue weighted by atomic mass is 32.2. The Hall–Kier alpha value is -2.46. The summed E-state index contributed by atoms with van der Waals surface area (Å²) in [5, 5.41) is 6.22. The Labute approximate surface area is 200 Å². The summed E-state index contributed by atoms with van der Waals surface area (Å²) in [6.07, 6.45) is 2.03. The molecule has 2 fully saturated rings. The summed E-state index contributed by atoms with van der Waals surface area (Å²) in [6, 6.07) is 6.66. The minimum atomic E-state index is -0.548. The van der Waals surface area contributed by atoms with Crippen LogP contribution in [0.1, 0.15) is 25.8 Å². The average molecular weight is 478 g/mol. The number of fused-ring (bicyclic) bond motifs is 1. The molecule has 0 aliphatic carbocycles. The van der Waals surface area contributed by atoms with E-state index in [1.165, 1.54) is 0 Å². The SMILES string of the molecule is COc1ccc(CNC(=O)N2C3CN(CC(C)C)C(=O)[C@H](CCSC)N3C(=O)CN2C)cc1. The van der Waals surface area contributed by atoms with Gasteiger partial charge in [0.15, 0.2) is 0 Å². The number of amides is 4. The first-order valence-electron chi connectivity index (χ1n) is 11.3. The minimum absolute atomic E-state index is 0.0227. The van der Waals surface area contributed by atoms with Crippen LogP contribution in [0.15, 0.2) is 24.3 Å². The Morgan fingerprint density at radius 1 is 1.24 bits per heavy atom. The molecule has 0 spiro atoms. The van der Waals surface area contributed by atoms with E-state index in [1.807, 2.05) is 35.4 Å². The second-order valence-corrected chi connectivity index (χ2v) is 9.87. The van der Waals surface area contributed by atoms with Crippen LogP contribution < -0.4 is 10.1 Å². The van der Waals surface area contributed by atoms with Crippen molar-refractivity contribution in [3.05, 3.63) is 29.8 Å². The number of piperazine rings is 1. The number of rotatable bonds is 8. The normalized spacial score (nSPS) is 21.5. The number of hydrogen-bond donors (Lipinski definition) is 1. The summed E-state index contributed by atoms with van der Waals surface area (Å²) >= 11 is 1.65. The van der Waals surface area contributed by atoms with Crippen molar-refractivity contribution in [2.24, 2.45) is 5.92 Å². The molecule has 1 aromatic carbocycles. The van der Waals surface area contributed by atoms with Gasteiger partial charge in [0.1, 0.15) is 18.0 Å². The third-order valence-corrected chi connectivity index (χ3v) is 6.58. The molecule has 1 unspecified atom stereocenters. The first kappa shape index (κ1) is 25.2. The van der Waals surface area contributed by atoms with Crippen LogP contribution in [0.4, 0.5) is 4.79 Å². The molecule has 0 aromatic heterocycles. The van der Waals surface area contributed by atoms with Crippen molar-refractivity contribution >= 4 is 29.6 Å². The van der Waals surface area contributed by atoms with Gasteiger partial charge in [-0.2, -0.15) is 11.8 Å². The fourth-order valence-electron chi connectivity index (χ4n) is 4.42. The molecular weight excluding hydrogens is 442 g/mol. The fourth-order valence-corrected chi connectivity index (χ4v) is 4.88. The van der Waals surface area contributed by atoms with Crippen LogP contribution in [-0.4, -0.2) is 95.7 Å². The Morgan fingerprint density at radius 3 is 2.55 bits per heavy atom. The third kappa shape index (κ3) is 5.73. The van der Waals surface area contributed by atoms with E-state index in [0.717, 1.165) is 17.1 Å². The van der Waals surface area contributed by atoms with Crippen LogP contribution in [0.5, 0.6) is 5.75 Å². The van der Waals surface area contributed by atoms with Crippen LogP contribution in [0.2, 0.25) is 0 Å². The summed E-state index contributed by atoms with van der Waals surface area (Å²) in [4.78, 5) is 43.1. The van der Waals surface area contributed by atoms with Crippen molar-refractivity contribution in [3.63, 3.8) is 0 Å². The zero-order valence-corrected chi connectivity index (χ0v) is 20.9. The molecule has 2 aliphatic rings. The third-order valence-electron chi connectivity index (χ3n) is 5.93. The predicted octanol–water partition coefficient (Wildman–Crippen LogP) is 1.84. The van der Waals surface area contributed by atoms with E-state index in [2.05, 4.69) is 19.2 Å². The van der Waals surface area contributed by atoms with Crippen molar-refractivity contribution in [3.8, 4) is 5.75 Å². The van der Waals surface area contributed by atoms with Gasteiger partial charge in [0.05, 0.1) is 20.2 Å². The first-order valence-corrected chi connectivity index (χ1v) is 12.7. The summed E-state index contributed by atoms with van der Waals surface area (Å²) in [7, 11) is 3.35. The number of nitrogens with zero attached hydrogens (tertiary/aromatic N) is 4. The van der Waals surface area contributed by atoms with E-state index in [4.69, 9.17) is 4.74 Å². The topological polar surface area (TPSA) is 85.4 Å². The summed E-state index contributed by atoms with van der Waals surface area (Å²) in [6.45, 7) is 5.43. The van der Waals surface area contributed by atoms with E-state index < -0.39 is 12.2 Å². The number of thioether (sulfide) groups is 1. The largest absolute Gasteiger partial charge is 0.497 e. The Balaban J connectivity index is 1.81. The van der Waals surface area contributed by atoms with Gasteiger partial charge in [0.2, 0.25) is 11.8 Å². The molecule has 0 bridgehead atoms. The highest BCUT2D eigenvalue weighted by Crippen LogP contribution is 2.28. The quantitative estimate of drug-likeness (QED) is 0.615. The Morgan fingerprint density at radius 2 is 1.94 bits per heavy atom. The van der Waals surface area contributed by atoms with Crippen LogP contribution >= 0.6 is 11.8 Å². The molecular formula is C23H35N5O4S. The number of hydrogen-bond acceptors (Lipinski definition) is 6. The van der Waals surface area contributed by atoms with Gasteiger partial charge >= 0.3 is 6.03 Å². The number of carbonyl (C=O) groups excluding carboxylic acids is 3. The molecule has 2 aliphatic heterocycles. The second kappa shape index (κ2) is 11.1. The number of benzene rings is 1. The van der Waals surface area contributed by atoms with Crippen LogP contribution in [0.25, 0.3) is 0 Å². The number of nitrogens with one attached hydrogen (secondary N) is 1. The fraction of sp³-hybridized carbons (Fsp3) is 0.609. The van der Waals surface area contributed by atoms with Gasteiger partial charge in [-0.3, -0.25) is 9.59 Å². The van der Waals surface area contributed by atoms with E-state index in [1.54, 1.807) is 40.8 Å². The molecule has 33 heavy (non-hydrogen) atoms. The lowest BCUT2D eigenvalue weighted by atomic mass is 10.0. The lowest BCUT2D eigenvalue weighted by molar-refractivity contribution is -0.187. The monoisotopic (exact) mass is 477 g/mol. The molecule has 182 valence electrons. The lowest BCUT2D eigenvalue weighted by Gasteiger charge is -2.54. The maximum absolute atomic E-state index is 13.3. The number of hydrazine groups is 1. The first-order chi connectivity index (χ1) is 15.8. The highest BCUT2D eigenvalue weighted by molar-refractivity contribution is 7.98. The Bertz CT molecular complexity index is 850. The maximum Gasteiger partial charge on any atom is 0.334 e. The molecule has 2 atom stereocenters. The average Bonchev–Trinajstić information content (AvgIpc) is 2.78. The lowest BCUT2D eigenvalue weighted by Crippen LogP contribution is -2.76. The van der Waals surface area contributed by atoms with Crippen molar-refractivity contribution in [2.75, 3.05) is 45.8 Å². The molecule has 9 nitrogen and oxygen atoms in total. The molecule has 10 heteroatoms. The van der Waals surface area contributed by atoms with Gasteiger partial charge in [-0.1, -0.05) is 26.0 Å². The molecule has 2 heterocycles. The van der Waals surface area contributed by atoms with E-state index >= 15 is 0 Å². The molecule has 3 rings (SSSR count). The maximum atomic E-state index is 13.3. The van der Waals surface area contributed by atoms with Gasteiger partial charge in [-0.25, -0.2) is 14.8 Å². The molecule has 2 saturated heterocycles. The summed E-state index contributed by atoms with van der Waals surface area (Å²) < 4.78 is 5.18. The van der Waals surface area contributed by atoms with E-state index in [9.17, 15) is 14.4 Å². The highest BCUT2D eigenvalue weighted by Gasteiger charge is 2.50. The number of ether oxygens (including phenoxy) is 1. The van der Waals surface area contributed by atoms with Crippen molar-refractivity contribution in [2.45, 2.75) is 39.0 Å². The molecule has 1 N–H and O–H groups in total. The second-order valence-electron chi connectivity index (χ2n) is 8.88. The predicted molar refractivity (Wildman–Crippen MR) is 129 cm³/mol. The molecule has 1 aromatic rings. The van der Waals surface area contributed by atoms with Gasteiger partial charge in [0, 0.05) is 20.1 Å². The number of carbonyl (C=O) groups is 3. The summed E-state index contributed by atoms with van der Waals surface area (Å²) in [5.74, 6) is 1.66. The minimum Gasteiger partial charge on any atom is -0.497 e. The smallest absolute Gasteiger partial charge is 0.334 e. The van der Waals surface area contributed by atoms with Crippen molar-refractivity contribution < 1.29 is 19.1 Å². The zero-order chi connectivity index (χ0) is 24.1. The zero-order valence-electron chi connectivity index (χ0n) is 20.1. The van der Waals surface area contributed by atoms with Crippen molar-refractivity contribution in [1.29, 1.82) is 0 Å². The van der Waals surface area contributed by atoms with Crippen LogP contribution in [0, 0.1) is 5.92 Å². The van der Waals surface area contributed by atoms with E-state index in [0.29, 0.717) is 26.1 Å². The number of methoxy groups -OCH3 is 1. The van der Waals surface area contributed by atoms with Crippen LogP contribution in [0.3, 0.4) is 0 Å². The number of urea groups is 1. The van der Waals surface area contributed by atoms with Crippen LogP contribution in [-0.2, 0) is 16.1 Å². The molecule has 0 saturated carbocycles.